The van der Waals surface area contributed by atoms with Gasteiger partial charge in [-0.3, -0.25) is 4.79 Å². The largest absolute Gasteiger partial charge is 0.459 e. The van der Waals surface area contributed by atoms with Crippen LogP contribution in [0.5, 0.6) is 0 Å². The molecule has 0 unspecified atom stereocenters. The number of benzene rings is 1. The molecule has 1 heterocycles. The van der Waals surface area contributed by atoms with Crippen LogP contribution in [0.3, 0.4) is 0 Å². The van der Waals surface area contributed by atoms with E-state index < -0.39 is 5.41 Å². The zero-order valence-corrected chi connectivity index (χ0v) is 11.4. The lowest BCUT2D eigenvalue weighted by Gasteiger charge is -2.22. The molecule has 0 atom stereocenters. The molecule has 2 aromatic rings. The van der Waals surface area contributed by atoms with Gasteiger partial charge in [0.25, 0.3) is 0 Å². The molecule has 1 aromatic carbocycles. The van der Waals surface area contributed by atoms with E-state index in [0.717, 1.165) is 10.4 Å². The fourth-order valence-corrected chi connectivity index (χ4v) is 2.30. The van der Waals surface area contributed by atoms with E-state index in [2.05, 4.69) is 0 Å². The summed E-state index contributed by atoms with van der Waals surface area (Å²) in [5.74, 6) is -0.192. The lowest BCUT2D eigenvalue weighted by Crippen LogP contribution is -2.30. The van der Waals surface area contributed by atoms with E-state index in [0.29, 0.717) is 6.61 Å². The van der Waals surface area contributed by atoms with Gasteiger partial charge >= 0.3 is 5.97 Å². The smallest absolute Gasteiger partial charge is 0.316 e. The fraction of sp³-hybridized carbons (Fsp3) is 0.267. The first-order valence-electron chi connectivity index (χ1n) is 5.86. The normalized spacial score (nSPS) is 11.2. The van der Waals surface area contributed by atoms with Gasteiger partial charge < -0.3 is 4.74 Å². The van der Waals surface area contributed by atoms with Crippen molar-refractivity contribution in [2.24, 2.45) is 0 Å². The van der Waals surface area contributed by atoms with Crippen molar-refractivity contribution in [2.45, 2.75) is 25.9 Å². The third-order valence-electron chi connectivity index (χ3n) is 2.93. The van der Waals surface area contributed by atoms with Crippen LogP contribution in [0.1, 0.15) is 24.3 Å². The standard InChI is InChI=1S/C15H16O2S/c1-15(2,12-7-4-3-5-8-12)14(16)17-11-13-9-6-10-18-13/h3-10H,11H2,1-2H3. The fourth-order valence-electron chi connectivity index (χ4n) is 1.68. The first-order chi connectivity index (χ1) is 8.60. The maximum atomic E-state index is 12.1. The summed E-state index contributed by atoms with van der Waals surface area (Å²) in [6.07, 6.45) is 0. The Kier molecular flexibility index (Phi) is 3.82. The van der Waals surface area contributed by atoms with Crippen molar-refractivity contribution >= 4 is 17.3 Å². The molecule has 1 aromatic heterocycles. The highest BCUT2D eigenvalue weighted by molar-refractivity contribution is 7.09. The Morgan fingerprint density at radius 3 is 2.50 bits per heavy atom. The SMILES string of the molecule is CC(C)(C(=O)OCc1cccs1)c1ccccc1. The second-order valence-corrected chi connectivity index (χ2v) is 5.68. The van der Waals surface area contributed by atoms with Crippen molar-refractivity contribution in [2.75, 3.05) is 0 Å². The molecule has 18 heavy (non-hydrogen) atoms. The van der Waals surface area contributed by atoms with Gasteiger partial charge in [0.05, 0.1) is 5.41 Å². The Hall–Kier alpha value is -1.61. The third-order valence-corrected chi connectivity index (χ3v) is 3.78. The molecule has 2 nitrogen and oxygen atoms in total. The zero-order chi connectivity index (χ0) is 13.0. The Bertz CT molecular complexity index is 501. The molecule has 0 saturated carbocycles. The molecule has 0 radical (unpaired) electrons. The minimum absolute atomic E-state index is 0.192. The maximum Gasteiger partial charge on any atom is 0.316 e. The van der Waals surface area contributed by atoms with Gasteiger partial charge in [-0.1, -0.05) is 36.4 Å². The van der Waals surface area contributed by atoms with Gasteiger partial charge in [0.2, 0.25) is 0 Å². The molecule has 3 heteroatoms. The average molecular weight is 260 g/mol. The minimum Gasteiger partial charge on any atom is -0.459 e. The maximum absolute atomic E-state index is 12.1. The van der Waals surface area contributed by atoms with E-state index in [1.807, 2.05) is 61.7 Å². The molecule has 0 amide bonds. The third kappa shape index (κ3) is 2.79. The van der Waals surface area contributed by atoms with Crippen LogP contribution < -0.4 is 0 Å². The average Bonchev–Trinajstić information content (AvgIpc) is 2.90. The summed E-state index contributed by atoms with van der Waals surface area (Å²) >= 11 is 1.59. The molecule has 0 aliphatic carbocycles. The number of rotatable bonds is 4. The first kappa shape index (κ1) is 12.8. The van der Waals surface area contributed by atoms with Crippen molar-refractivity contribution in [3.05, 3.63) is 58.3 Å². The molecule has 0 fully saturated rings. The van der Waals surface area contributed by atoms with E-state index in [-0.39, 0.29) is 5.97 Å². The van der Waals surface area contributed by atoms with Crippen LogP contribution >= 0.6 is 11.3 Å². The number of esters is 1. The van der Waals surface area contributed by atoms with Crippen molar-refractivity contribution < 1.29 is 9.53 Å². The van der Waals surface area contributed by atoms with Crippen LogP contribution in [-0.2, 0) is 21.6 Å². The highest BCUT2D eigenvalue weighted by atomic mass is 32.1. The van der Waals surface area contributed by atoms with E-state index in [9.17, 15) is 4.79 Å². The summed E-state index contributed by atoms with van der Waals surface area (Å²) in [7, 11) is 0. The molecule has 0 saturated heterocycles. The van der Waals surface area contributed by atoms with Crippen molar-refractivity contribution in [1.29, 1.82) is 0 Å². The lowest BCUT2D eigenvalue weighted by molar-refractivity contribution is -0.150. The number of carbonyl (C=O) groups excluding carboxylic acids is 1. The van der Waals surface area contributed by atoms with Crippen LogP contribution in [0.2, 0.25) is 0 Å². The van der Waals surface area contributed by atoms with Crippen molar-refractivity contribution in [1.82, 2.24) is 0 Å². The predicted octanol–water partition coefficient (Wildman–Crippen LogP) is 3.77. The molecule has 0 aliphatic heterocycles. The van der Waals surface area contributed by atoms with Crippen LogP contribution in [0.15, 0.2) is 47.8 Å². The van der Waals surface area contributed by atoms with Crippen LogP contribution in [0.25, 0.3) is 0 Å². The van der Waals surface area contributed by atoms with E-state index in [1.54, 1.807) is 11.3 Å². The predicted molar refractivity (Wildman–Crippen MR) is 73.6 cm³/mol. The minimum atomic E-state index is -0.613. The second kappa shape index (κ2) is 5.36. The molecule has 0 spiro atoms. The summed E-state index contributed by atoms with van der Waals surface area (Å²) < 4.78 is 5.38. The number of hydrogen-bond donors (Lipinski definition) is 0. The molecule has 0 N–H and O–H groups in total. The summed E-state index contributed by atoms with van der Waals surface area (Å²) in [4.78, 5) is 13.2. The highest BCUT2D eigenvalue weighted by Gasteiger charge is 2.31. The Labute approximate surface area is 111 Å². The molecule has 2 rings (SSSR count). The van der Waals surface area contributed by atoms with Gasteiger partial charge in [-0.25, -0.2) is 0 Å². The van der Waals surface area contributed by atoms with Crippen molar-refractivity contribution in [3.8, 4) is 0 Å². The molecule has 0 bridgehead atoms. The van der Waals surface area contributed by atoms with Gasteiger partial charge in [-0.2, -0.15) is 0 Å². The van der Waals surface area contributed by atoms with E-state index >= 15 is 0 Å². The summed E-state index contributed by atoms with van der Waals surface area (Å²) in [6.45, 7) is 4.13. The van der Waals surface area contributed by atoms with Gasteiger partial charge in [0.1, 0.15) is 6.61 Å². The first-order valence-corrected chi connectivity index (χ1v) is 6.74. The number of hydrogen-bond acceptors (Lipinski definition) is 3. The molecular formula is C15H16O2S. The number of carbonyl (C=O) groups is 1. The number of thiophene rings is 1. The second-order valence-electron chi connectivity index (χ2n) is 4.65. The van der Waals surface area contributed by atoms with Gasteiger partial charge in [-0.05, 0) is 30.9 Å². The van der Waals surface area contributed by atoms with E-state index in [1.165, 1.54) is 0 Å². The van der Waals surface area contributed by atoms with Gasteiger partial charge in [0, 0.05) is 4.88 Å². The summed E-state index contributed by atoms with van der Waals surface area (Å²) in [5.41, 5.74) is 0.361. The molecule has 94 valence electrons. The number of ether oxygens (including phenoxy) is 1. The molecular weight excluding hydrogens is 244 g/mol. The zero-order valence-electron chi connectivity index (χ0n) is 10.6. The van der Waals surface area contributed by atoms with E-state index in [4.69, 9.17) is 4.74 Å². The summed E-state index contributed by atoms with van der Waals surface area (Å²) in [5, 5.41) is 1.98. The van der Waals surface area contributed by atoms with Crippen LogP contribution in [0.4, 0.5) is 0 Å². The van der Waals surface area contributed by atoms with Crippen LogP contribution in [0, 0.1) is 0 Å². The van der Waals surface area contributed by atoms with Gasteiger partial charge in [-0.15, -0.1) is 11.3 Å². The van der Waals surface area contributed by atoms with Crippen molar-refractivity contribution in [3.63, 3.8) is 0 Å². The Balaban J connectivity index is 2.04. The lowest BCUT2D eigenvalue weighted by atomic mass is 9.85. The molecule has 0 aliphatic rings. The van der Waals surface area contributed by atoms with Gasteiger partial charge in [0.15, 0.2) is 0 Å². The Morgan fingerprint density at radius 1 is 1.17 bits per heavy atom. The highest BCUT2D eigenvalue weighted by Crippen LogP contribution is 2.25. The topological polar surface area (TPSA) is 26.3 Å². The summed E-state index contributed by atoms with van der Waals surface area (Å²) in [6, 6.07) is 13.6. The Morgan fingerprint density at radius 2 is 1.89 bits per heavy atom. The quantitative estimate of drug-likeness (QED) is 0.782. The van der Waals surface area contributed by atoms with Crippen LogP contribution in [-0.4, -0.2) is 5.97 Å². The monoisotopic (exact) mass is 260 g/mol.